The van der Waals surface area contributed by atoms with E-state index in [9.17, 15) is 4.79 Å². The lowest BCUT2D eigenvalue weighted by Crippen LogP contribution is -1.92. The van der Waals surface area contributed by atoms with Crippen LogP contribution in [-0.2, 0) is 6.54 Å². The van der Waals surface area contributed by atoms with Crippen LogP contribution in [0.5, 0.6) is 0 Å². The lowest BCUT2D eigenvalue weighted by Gasteiger charge is -2.01. The Morgan fingerprint density at radius 3 is 2.93 bits per heavy atom. The first kappa shape index (κ1) is 9.71. The van der Waals surface area contributed by atoms with Gasteiger partial charge in [0.2, 0.25) is 0 Å². The van der Waals surface area contributed by atoms with Crippen LogP contribution < -0.4 is 0 Å². The largest absolute Gasteiger partial charge is 0.344 e. The molecule has 0 aliphatic heterocycles. The Kier molecular flexibility index (Phi) is 2.68. The lowest BCUT2D eigenvalue weighted by molar-refractivity contribution is 0.112. The minimum atomic E-state index is 0.756. The second-order valence-corrected chi connectivity index (χ2v) is 3.44. The van der Waals surface area contributed by atoms with E-state index in [-0.39, 0.29) is 0 Å². The highest BCUT2D eigenvalue weighted by atomic mass is 16.1. The van der Waals surface area contributed by atoms with Crippen LogP contribution in [0, 0.1) is 0 Å². The van der Waals surface area contributed by atoms with Crippen molar-refractivity contribution in [1.29, 1.82) is 0 Å². The van der Waals surface area contributed by atoms with Crippen LogP contribution in [0.25, 0.3) is 10.9 Å². The van der Waals surface area contributed by atoms with Gasteiger partial charge in [-0.25, -0.2) is 0 Å². The maximum atomic E-state index is 10.8. The molecule has 0 spiro atoms. The molecule has 2 rings (SSSR count). The van der Waals surface area contributed by atoms with Gasteiger partial charge in [-0.1, -0.05) is 24.3 Å². The molecule has 2 nitrogen and oxygen atoms in total. The fourth-order valence-corrected chi connectivity index (χ4v) is 1.73. The Bertz CT molecular complexity index is 508. The van der Waals surface area contributed by atoms with Gasteiger partial charge in [-0.2, -0.15) is 0 Å². The number of nitrogens with zero attached hydrogens (tertiary/aromatic N) is 1. The fraction of sp³-hybridized carbons (Fsp3) is 0.154. The highest BCUT2D eigenvalue weighted by Gasteiger charge is 2.02. The summed E-state index contributed by atoms with van der Waals surface area (Å²) in [5.41, 5.74) is 1.87. The summed E-state index contributed by atoms with van der Waals surface area (Å²) in [6.07, 6.45) is 7.03. The van der Waals surface area contributed by atoms with Crippen LogP contribution in [0.3, 0.4) is 0 Å². The van der Waals surface area contributed by atoms with Gasteiger partial charge >= 0.3 is 0 Å². The number of hydrogen-bond acceptors (Lipinski definition) is 1. The number of aldehydes is 1. The molecule has 0 bridgehead atoms. The third-order valence-corrected chi connectivity index (χ3v) is 2.51. The Morgan fingerprint density at radius 1 is 1.33 bits per heavy atom. The molecule has 0 aliphatic carbocycles. The van der Waals surface area contributed by atoms with Crippen molar-refractivity contribution < 1.29 is 4.79 Å². The van der Waals surface area contributed by atoms with Gasteiger partial charge in [0.1, 0.15) is 0 Å². The molecule has 0 fully saturated rings. The van der Waals surface area contributed by atoms with Crippen molar-refractivity contribution in [3.8, 4) is 0 Å². The molecule has 0 radical (unpaired) electrons. The summed E-state index contributed by atoms with van der Waals surface area (Å²) in [4.78, 5) is 10.8. The molecule has 0 saturated carbocycles. The van der Waals surface area contributed by atoms with E-state index in [2.05, 4.69) is 10.6 Å². The number of carbonyl (C=O) groups is 1. The van der Waals surface area contributed by atoms with E-state index in [1.807, 2.05) is 43.5 Å². The predicted octanol–water partition coefficient (Wildman–Crippen LogP) is 3.03. The van der Waals surface area contributed by atoms with E-state index in [4.69, 9.17) is 0 Å². The standard InChI is InChI=1S/C13H13NO/c1-2-3-8-14-9-7-12-11(10-15)5-4-6-13(12)14/h2-7,9-10H,8H2,1H3/b3-2+. The van der Waals surface area contributed by atoms with Crippen LogP contribution in [0.1, 0.15) is 17.3 Å². The molecule has 0 atom stereocenters. The van der Waals surface area contributed by atoms with Crippen LogP contribution in [-0.4, -0.2) is 10.9 Å². The molecule has 0 N–H and O–H groups in total. The number of allylic oxidation sites excluding steroid dienone is 2. The maximum Gasteiger partial charge on any atom is 0.150 e. The summed E-state index contributed by atoms with van der Waals surface area (Å²) in [7, 11) is 0. The first-order valence-electron chi connectivity index (χ1n) is 5.01. The van der Waals surface area contributed by atoms with Gasteiger partial charge in [-0.15, -0.1) is 0 Å². The normalized spacial score (nSPS) is 11.3. The molecule has 0 unspecified atom stereocenters. The van der Waals surface area contributed by atoms with Crippen LogP contribution in [0.4, 0.5) is 0 Å². The van der Waals surface area contributed by atoms with Crippen molar-refractivity contribution in [2.75, 3.05) is 0 Å². The lowest BCUT2D eigenvalue weighted by atomic mass is 10.1. The SMILES string of the molecule is C/C=C/Cn1ccc2c(C=O)cccc21. The van der Waals surface area contributed by atoms with E-state index in [1.165, 1.54) is 0 Å². The van der Waals surface area contributed by atoms with E-state index < -0.39 is 0 Å². The summed E-state index contributed by atoms with van der Waals surface area (Å²) < 4.78 is 2.13. The van der Waals surface area contributed by atoms with Crippen molar-refractivity contribution in [3.05, 3.63) is 48.2 Å². The Morgan fingerprint density at radius 2 is 2.20 bits per heavy atom. The number of hydrogen-bond donors (Lipinski definition) is 0. The Labute approximate surface area is 88.8 Å². The van der Waals surface area contributed by atoms with Gasteiger partial charge in [-0.3, -0.25) is 4.79 Å². The van der Waals surface area contributed by atoms with E-state index >= 15 is 0 Å². The van der Waals surface area contributed by atoms with E-state index in [0.717, 1.165) is 29.3 Å². The monoisotopic (exact) mass is 199 g/mol. The van der Waals surface area contributed by atoms with E-state index in [1.54, 1.807) is 0 Å². The molecule has 0 saturated heterocycles. The highest BCUT2D eigenvalue weighted by molar-refractivity contribution is 5.97. The molecule has 1 aromatic heterocycles. The van der Waals surface area contributed by atoms with Gasteiger partial charge in [0.05, 0.1) is 0 Å². The molecule has 1 heterocycles. The molecular weight excluding hydrogens is 186 g/mol. The zero-order chi connectivity index (χ0) is 10.7. The molecule has 76 valence electrons. The second-order valence-electron chi connectivity index (χ2n) is 3.44. The van der Waals surface area contributed by atoms with Crippen LogP contribution in [0.15, 0.2) is 42.6 Å². The summed E-state index contributed by atoms with van der Waals surface area (Å²) in [6, 6.07) is 7.78. The first-order chi connectivity index (χ1) is 7.36. The van der Waals surface area contributed by atoms with Crippen LogP contribution in [0.2, 0.25) is 0 Å². The minimum absolute atomic E-state index is 0.756. The highest BCUT2D eigenvalue weighted by Crippen LogP contribution is 2.18. The van der Waals surface area contributed by atoms with Gasteiger partial charge in [-0.05, 0) is 19.1 Å². The molecule has 1 aromatic carbocycles. The predicted molar refractivity (Wildman–Crippen MR) is 62.1 cm³/mol. The summed E-state index contributed by atoms with van der Waals surface area (Å²) in [5.74, 6) is 0. The molecule has 2 aromatic rings. The summed E-state index contributed by atoms with van der Waals surface area (Å²) in [6.45, 7) is 2.85. The third kappa shape index (κ3) is 1.71. The first-order valence-corrected chi connectivity index (χ1v) is 5.01. The zero-order valence-electron chi connectivity index (χ0n) is 8.68. The average Bonchev–Trinajstić information content (AvgIpc) is 2.69. The third-order valence-electron chi connectivity index (χ3n) is 2.51. The Balaban J connectivity index is 2.55. The summed E-state index contributed by atoms with van der Waals surface area (Å²) >= 11 is 0. The van der Waals surface area contributed by atoms with Gasteiger partial charge < -0.3 is 4.57 Å². The molecule has 0 amide bonds. The molecule has 15 heavy (non-hydrogen) atoms. The van der Waals surface area contributed by atoms with Crippen molar-refractivity contribution in [3.63, 3.8) is 0 Å². The van der Waals surface area contributed by atoms with Crippen molar-refractivity contribution >= 4 is 17.2 Å². The Hall–Kier alpha value is -1.83. The fourth-order valence-electron chi connectivity index (χ4n) is 1.73. The van der Waals surface area contributed by atoms with Crippen molar-refractivity contribution in [2.45, 2.75) is 13.5 Å². The van der Waals surface area contributed by atoms with Gasteiger partial charge in [0.25, 0.3) is 0 Å². The van der Waals surface area contributed by atoms with E-state index in [0.29, 0.717) is 0 Å². The quantitative estimate of drug-likeness (QED) is 0.550. The van der Waals surface area contributed by atoms with Gasteiger partial charge in [0.15, 0.2) is 6.29 Å². The second kappa shape index (κ2) is 4.13. The maximum absolute atomic E-state index is 10.8. The van der Waals surface area contributed by atoms with Crippen molar-refractivity contribution in [1.82, 2.24) is 4.57 Å². The molecular formula is C13H13NO. The number of carbonyl (C=O) groups excluding carboxylic acids is 1. The molecule has 2 heteroatoms. The number of fused-ring (bicyclic) bond motifs is 1. The van der Waals surface area contributed by atoms with Crippen LogP contribution >= 0.6 is 0 Å². The smallest absolute Gasteiger partial charge is 0.150 e. The zero-order valence-corrected chi connectivity index (χ0v) is 8.68. The summed E-state index contributed by atoms with van der Waals surface area (Å²) in [5, 5.41) is 1.03. The number of rotatable bonds is 3. The van der Waals surface area contributed by atoms with Crippen molar-refractivity contribution in [2.24, 2.45) is 0 Å². The number of aromatic nitrogens is 1. The topological polar surface area (TPSA) is 22.0 Å². The molecule has 0 aliphatic rings. The number of benzene rings is 1. The minimum Gasteiger partial charge on any atom is -0.344 e. The average molecular weight is 199 g/mol. The van der Waals surface area contributed by atoms with Gasteiger partial charge in [0, 0.05) is 29.2 Å².